The van der Waals surface area contributed by atoms with Gasteiger partial charge in [0.1, 0.15) is 5.75 Å². The lowest BCUT2D eigenvalue weighted by Gasteiger charge is -2.30. The zero-order valence-corrected chi connectivity index (χ0v) is 12.3. The van der Waals surface area contributed by atoms with E-state index in [4.69, 9.17) is 15.4 Å². The van der Waals surface area contributed by atoms with E-state index < -0.39 is 14.5 Å². The summed E-state index contributed by atoms with van der Waals surface area (Å²) < 4.78 is 28.2. The van der Waals surface area contributed by atoms with E-state index in [1.165, 1.54) is 0 Å². The van der Waals surface area contributed by atoms with Crippen LogP contribution >= 0.6 is 10.7 Å². The summed E-state index contributed by atoms with van der Waals surface area (Å²) in [5.41, 5.74) is -0.420. The Morgan fingerprint density at radius 2 is 1.72 bits per heavy atom. The highest BCUT2D eigenvalue weighted by Gasteiger charge is 2.32. The monoisotopic (exact) mass is 290 g/mol. The highest BCUT2D eigenvalue weighted by atomic mass is 35.7. The highest BCUT2D eigenvalue weighted by molar-refractivity contribution is 8.13. The van der Waals surface area contributed by atoms with Crippen molar-refractivity contribution in [2.45, 2.75) is 26.7 Å². The molecule has 0 aromatic heterocycles. The minimum Gasteiger partial charge on any atom is -0.493 e. The maximum atomic E-state index is 11.3. The molecule has 18 heavy (non-hydrogen) atoms. The Morgan fingerprint density at radius 3 is 2.17 bits per heavy atom. The van der Waals surface area contributed by atoms with Crippen LogP contribution in [0.3, 0.4) is 0 Å². The number of rotatable bonds is 7. The number of halogens is 1. The van der Waals surface area contributed by atoms with E-state index in [0.717, 1.165) is 5.75 Å². The molecule has 0 fully saturated rings. The predicted octanol–water partition coefficient (Wildman–Crippen LogP) is 3.44. The lowest BCUT2D eigenvalue weighted by Crippen LogP contribution is -2.33. The molecular formula is C13H19ClO3S. The molecule has 102 valence electrons. The average molecular weight is 291 g/mol. The third kappa shape index (κ3) is 4.86. The molecule has 0 atom stereocenters. The molecule has 0 aliphatic rings. The lowest BCUT2D eigenvalue weighted by molar-refractivity contribution is 0.155. The minimum absolute atomic E-state index is 0.0542. The van der Waals surface area contributed by atoms with Gasteiger partial charge in [-0.15, -0.1) is 0 Å². The molecule has 0 N–H and O–H groups in total. The summed E-state index contributed by atoms with van der Waals surface area (Å²) in [5.74, 6) is 0.692. The molecule has 0 saturated heterocycles. The van der Waals surface area contributed by atoms with E-state index in [2.05, 4.69) is 0 Å². The maximum Gasteiger partial charge on any atom is 0.233 e. The molecule has 0 unspecified atom stereocenters. The van der Waals surface area contributed by atoms with Crippen molar-refractivity contribution in [2.75, 3.05) is 12.4 Å². The zero-order valence-electron chi connectivity index (χ0n) is 10.7. The number of ether oxygens (including phenoxy) is 1. The zero-order chi connectivity index (χ0) is 13.6. The normalized spacial score (nSPS) is 12.4. The summed E-state index contributed by atoms with van der Waals surface area (Å²) in [6.07, 6.45) is 1.42. The van der Waals surface area contributed by atoms with E-state index >= 15 is 0 Å². The van der Waals surface area contributed by atoms with Crippen LogP contribution in [0.25, 0.3) is 0 Å². The standard InChI is InChI=1S/C13H19ClO3S/c1-3-13(4-2,11-18(14,15)16)10-17-12-8-6-5-7-9-12/h5-9H,3-4,10-11H2,1-2H3. The van der Waals surface area contributed by atoms with E-state index in [1.54, 1.807) is 0 Å². The molecular weight excluding hydrogens is 272 g/mol. The Kier molecular flexibility index (Phi) is 5.47. The van der Waals surface area contributed by atoms with Gasteiger partial charge in [0.25, 0.3) is 0 Å². The second-order valence-corrected chi connectivity index (χ2v) is 7.27. The molecule has 0 heterocycles. The maximum absolute atomic E-state index is 11.3. The van der Waals surface area contributed by atoms with Crippen LogP contribution in [0, 0.1) is 5.41 Å². The van der Waals surface area contributed by atoms with Gasteiger partial charge in [-0.05, 0) is 25.0 Å². The summed E-state index contributed by atoms with van der Waals surface area (Å²) in [6, 6.07) is 9.37. The van der Waals surface area contributed by atoms with Gasteiger partial charge in [-0.25, -0.2) is 8.42 Å². The van der Waals surface area contributed by atoms with Gasteiger partial charge < -0.3 is 4.74 Å². The summed E-state index contributed by atoms with van der Waals surface area (Å²) in [4.78, 5) is 0. The Balaban J connectivity index is 2.74. The van der Waals surface area contributed by atoms with Crippen molar-refractivity contribution in [3.63, 3.8) is 0 Å². The quantitative estimate of drug-likeness (QED) is 0.723. The van der Waals surface area contributed by atoms with Crippen LogP contribution in [0.1, 0.15) is 26.7 Å². The molecule has 0 radical (unpaired) electrons. The van der Waals surface area contributed by atoms with Crippen LogP contribution in [-0.4, -0.2) is 20.8 Å². The summed E-state index contributed by atoms with van der Waals surface area (Å²) in [7, 11) is 1.86. The molecule has 1 rings (SSSR count). The number of hydrogen-bond acceptors (Lipinski definition) is 3. The van der Waals surface area contributed by atoms with Crippen molar-refractivity contribution < 1.29 is 13.2 Å². The van der Waals surface area contributed by atoms with Gasteiger partial charge in [-0.2, -0.15) is 0 Å². The number of para-hydroxylation sites is 1. The molecule has 3 nitrogen and oxygen atoms in total. The Hall–Kier alpha value is -0.740. The van der Waals surface area contributed by atoms with Gasteiger partial charge in [0.05, 0.1) is 12.4 Å². The molecule has 0 amide bonds. The highest BCUT2D eigenvalue weighted by Crippen LogP contribution is 2.30. The van der Waals surface area contributed by atoms with E-state index in [-0.39, 0.29) is 5.75 Å². The third-order valence-corrected chi connectivity index (χ3v) is 4.55. The topological polar surface area (TPSA) is 43.4 Å². The van der Waals surface area contributed by atoms with Crippen LogP contribution < -0.4 is 4.74 Å². The molecule has 5 heteroatoms. The minimum atomic E-state index is -3.52. The third-order valence-electron chi connectivity index (χ3n) is 3.27. The largest absolute Gasteiger partial charge is 0.493 e. The summed E-state index contributed by atoms with van der Waals surface area (Å²) in [5, 5.41) is 0. The molecule has 0 spiro atoms. The van der Waals surface area contributed by atoms with Crippen molar-refractivity contribution in [3.8, 4) is 5.75 Å². The first-order valence-corrected chi connectivity index (χ1v) is 8.49. The van der Waals surface area contributed by atoms with Gasteiger partial charge in [0.15, 0.2) is 0 Å². The van der Waals surface area contributed by atoms with Gasteiger partial charge in [-0.3, -0.25) is 0 Å². The fraction of sp³-hybridized carbons (Fsp3) is 0.538. The Morgan fingerprint density at radius 1 is 1.17 bits per heavy atom. The molecule has 0 aliphatic heterocycles. The van der Waals surface area contributed by atoms with Gasteiger partial charge in [0.2, 0.25) is 9.05 Å². The van der Waals surface area contributed by atoms with E-state index in [0.29, 0.717) is 19.4 Å². The predicted molar refractivity (Wildman–Crippen MR) is 74.6 cm³/mol. The summed E-state index contributed by atoms with van der Waals surface area (Å²) in [6.45, 7) is 4.27. The number of benzene rings is 1. The van der Waals surface area contributed by atoms with E-state index in [9.17, 15) is 8.42 Å². The SMILES string of the molecule is CCC(CC)(COc1ccccc1)CS(=O)(=O)Cl. The van der Waals surface area contributed by atoms with Crippen LogP contribution in [0.15, 0.2) is 30.3 Å². The molecule has 0 bridgehead atoms. The van der Waals surface area contributed by atoms with Crippen molar-refractivity contribution in [1.82, 2.24) is 0 Å². The lowest BCUT2D eigenvalue weighted by atomic mass is 9.85. The number of hydrogen-bond donors (Lipinski definition) is 0. The molecule has 0 aliphatic carbocycles. The molecule has 1 aromatic carbocycles. The summed E-state index contributed by atoms with van der Waals surface area (Å²) >= 11 is 0. The second-order valence-electron chi connectivity index (χ2n) is 4.49. The van der Waals surface area contributed by atoms with Crippen molar-refractivity contribution in [1.29, 1.82) is 0 Å². The fourth-order valence-corrected chi connectivity index (χ4v) is 3.74. The van der Waals surface area contributed by atoms with E-state index in [1.807, 2.05) is 44.2 Å². The van der Waals surface area contributed by atoms with Crippen molar-refractivity contribution in [2.24, 2.45) is 5.41 Å². The van der Waals surface area contributed by atoms with Crippen LogP contribution in [0.2, 0.25) is 0 Å². The smallest absolute Gasteiger partial charge is 0.233 e. The first kappa shape index (κ1) is 15.3. The van der Waals surface area contributed by atoms with Gasteiger partial charge >= 0.3 is 0 Å². The van der Waals surface area contributed by atoms with Gasteiger partial charge in [0, 0.05) is 16.1 Å². The van der Waals surface area contributed by atoms with Gasteiger partial charge in [-0.1, -0.05) is 32.0 Å². The van der Waals surface area contributed by atoms with Crippen molar-refractivity contribution >= 4 is 19.7 Å². The first-order valence-electron chi connectivity index (χ1n) is 6.01. The molecule has 1 aromatic rings. The van der Waals surface area contributed by atoms with Crippen LogP contribution in [0.5, 0.6) is 5.75 Å². The Labute approximate surface area is 114 Å². The fourth-order valence-electron chi connectivity index (χ4n) is 1.82. The first-order chi connectivity index (χ1) is 8.41. The molecule has 0 saturated carbocycles. The Bertz CT molecular complexity index is 452. The van der Waals surface area contributed by atoms with Crippen LogP contribution in [-0.2, 0) is 9.05 Å². The second kappa shape index (κ2) is 6.43. The average Bonchev–Trinajstić information content (AvgIpc) is 2.34. The van der Waals surface area contributed by atoms with Crippen molar-refractivity contribution in [3.05, 3.63) is 30.3 Å². The van der Waals surface area contributed by atoms with Crippen LogP contribution in [0.4, 0.5) is 0 Å².